The van der Waals surface area contributed by atoms with Crippen LogP contribution in [-0.2, 0) is 19.0 Å². The van der Waals surface area contributed by atoms with Crippen molar-refractivity contribution in [1.29, 1.82) is 0 Å². The highest BCUT2D eigenvalue weighted by Crippen LogP contribution is 2.39. The van der Waals surface area contributed by atoms with Crippen molar-refractivity contribution in [3.8, 4) is 0 Å². The molecule has 0 radical (unpaired) electrons. The fourth-order valence-corrected chi connectivity index (χ4v) is 2.58. The van der Waals surface area contributed by atoms with Gasteiger partial charge in [-0.25, -0.2) is 0 Å². The van der Waals surface area contributed by atoms with E-state index >= 15 is 0 Å². The summed E-state index contributed by atoms with van der Waals surface area (Å²) < 4.78 is 17.0. The summed E-state index contributed by atoms with van der Waals surface area (Å²) in [5, 5.41) is 0. The van der Waals surface area contributed by atoms with Crippen LogP contribution in [0.2, 0.25) is 0 Å². The van der Waals surface area contributed by atoms with E-state index in [1.54, 1.807) is 0 Å². The maximum Gasteiger partial charge on any atom is 0.307 e. The fourth-order valence-electron chi connectivity index (χ4n) is 2.58. The van der Waals surface area contributed by atoms with Gasteiger partial charge in [0.15, 0.2) is 5.79 Å². The molecule has 2 fully saturated rings. The first-order chi connectivity index (χ1) is 8.35. The zero-order valence-electron chi connectivity index (χ0n) is 11.6. The molecule has 0 bridgehead atoms. The predicted molar refractivity (Wildman–Crippen MR) is 66.1 cm³/mol. The number of ether oxygens (including phenoxy) is 3. The van der Waals surface area contributed by atoms with Crippen LogP contribution in [0, 0.1) is 0 Å². The summed E-state index contributed by atoms with van der Waals surface area (Å²) >= 11 is 0. The Bertz CT molecular complexity index is 300. The molecule has 0 spiro atoms. The Balaban J connectivity index is 1.73. The van der Waals surface area contributed by atoms with Gasteiger partial charge in [-0.15, -0.1) is 0 Å². The van der Waals surface area contributed by atoms with Gasteiger partial charge < -0.3 is 19.1 Å². The van der Waals surface area contributed by atoms with Gasteiger partial charge >= 0.3 is 5.97 Å². The second-order valence-corrected chi connectivity index (χ2v) is 5.85. The van der Waals surface area contributed by atoms with Crippen molar-refractivity contribution in [2.75, 3.05) is 20.6 Å². The number of rotatable bonds is 4. The zero-order chi connectivity index (χ0) is 13.3. The summed E-state index contributed by atoms with van der Waals surface area (Å²) in [5.74, 6) is -0.622. The van der Waals surface area contributed by atoms with Crippen LogP contribution in [0.4, 0.5) is 0 Å². The molecule has 1 aliphatic carbocycles. The molecule has 0 aromatic heterocycles. The van der Waals surface area contributed by atoms with E-state index in [9.17, 15) is 4.79 Å². The van der Waals surface area contributed by atoms with Crippen LogP contribution >= 0.6 is 0 Å². The molecule has 1 heterocycles. The molecule has 104 valence electrons. The summed E-state index contributed by atoms with van der Waals surface area (Å²) in [4.78, 5) is 13.6. The second-order valence-electron chi connectivity index (χ2n) is 5.85. The maximum absolute atomic E-state index is 11.6. The smallest absolute Gasteiger partial charge is 0.307 e. The molecule has 1 aliphatic heterocycles. The predicted octanol–water partition coefficient (Wildman–Crippen LogP) is 1.16. The lowest BCUT2D eigenvalue weighted by atomic mass is 10.3. The molecule has 2 rings (SSSR count). The molecule has 5 nitrogen and oxygen atoms in total. The third kappa shape index (κ3) is 3.43. The molecule has 0 aromatic carbocycles. The minimum atomic E-state index is -0.491. The monoisotopic (exact) mass is 257 g/mol. The molecular weight excluding hydrogens is 234 g/mol. The number of hydrogen-bond acceptors (Lipinski definition) is 5. The van der Waals surface area contributed by atoms with Crippen LogP contribution in [0.25, 0.3) is 0 Å². The summed E-state index contributed by atoms with van der Waals surface area (Å²) in [7, 11) is 3.88. The van der Waals surface area contributed by atoms with E-state index in [-0.39, 0.29) is 24.3 Å². The van der Waals surface area contributed by atoms with Gasteiger partial charge in [0.25, 0.3) is 0 Å². The Morgan fingerprint density at radius 3 is 2.33 bits per heavy atom. The summed E-state index contributed by atoms with van der Waals surface area (Å²) in [6.45, 7) is 4.56. The Hall–Kier alpha value is -0.650. The van der Waals surface area contributed by atoms with Gasteiger partial charge in [-0.05, 0) is 27.9 Å². The molecule has 2 atom stereocenters. The van der Waals surface area contributed by atoms with E-state index < -0.39 is 5.79 Å². The van der Waals surface area contributed by atoms with Crippen LogP contribution in [-0.4, -0.2) is 55.6 Å². The summed E-state index contributed by atoms with van der Waals surface area (Å²) in [6.07, 6.45) is 2.04. The lowest BCUT2D eigenvalue weighted by molar-refractivity contribution is -0.165. The Morgan fingerprint density at radius 2 is 1.83 bits per heavy atom. The first-order valence-electron chi connectivity index (χ1n) is 6.55. The molecule has 18 heavy (non-hydrogen) atoms. The minimum absolute atomic E-state index is 0.0502. The first-order valence-corrected chi connectivity index (χ1v) is 6.55. The van der Waals surface area contributed by atoms with Gasteiger partial charge in [0.1, 0.15) is 6.10 Å². The minimum Gasteiger partial charge on any atom is -0.462 e. The van der Waals surface area contributed by atoms with E-state index in [0.717, 1.165) is 19.4 Å². The van der Waals surface area contributed by atoms with Crippen molar-refractivity contribution in [3.63, 3.8) is 0 Å². The van der Waals surface area contributed by atoms with Crippen LogP contribution in [0.15, 0.2) is 0 Å². The van der Waals surface area contributed by atoms with Gasteiger partial charge in [-0.2, -0.15) is 0 Å². The van der Waals surface area contributed by atoms with E-state index in [2.05, 4.69) is 0 Å². The fraction of sp³-hybridized carbons (Fsp3) is 0.923. The van der Waals surface area contributed by atoms with Crippen molar-refractivity contribution < 1.29 is 19.0 Å². The number of esters is 1. The second kappa shape index (κ2) is 5.15. The first kappa shape index (κ1) is 13.8. The maximum atomic E-state index is 11.6. The molecule has 5 heteroatoms. The molecule has 2 aliphatic rings. The third-order valence-electron chi connectivity index (χ3n) is 3.34. The number of fused-ring (bicyclic) bond motifs is 1. The number of nitrogens with zero attached hydrogens (tertiary/aromatic N) is 1. The van der Waals surface area contributed by atoms with Crippen LogP contribution in [0.3, 0.4) is 0 Å². The lowest BCUT2D eigenvalue weighted by Crippen LogP contribution is -2.26. The number of hydrogen-bond donors (Lipinski definition) is 0. The summed E-state index contributed by atoms with van der Waals surface area (Å²) in [6, 6.07) is 0. The average molecular weight is 257 g/mol. The number of carbonyl (C=O) groups excluding carboxylic acids is 1. The normalized spacial score (nSPS) is 33.7. The van der Waals surface area contributed by atoms with Crippen molar-refractivity contribution in [2.45, 2.75) is 57.2 Å². The van der Waals surface area contributed by atoms with Crippen molar-refractivity contribution in [2.24, 2.45) is 0 Å². The highest BCUT2D eigenvalue weighted by atomic mass is 16.8. The van der Waals surface area contributed by atoms with E-state index in [1.165, 1.54) is 0 Å². The standard InChI is InChI=1S/C13H23NO4/c1-13(2)17-10-7-9(8-11(10)18-13)16-12(15)5-6-14(3)4/h9-11H,5-8H2,1-4H3. The highest BCUT2D eigenvalue weighted by Gasteiger charge is 2.48. The van der Waals surface area contributed by atoms with Crippen molar-refractivity contribution in [1.82, 2.24) is 4.90 Å². The van der Waals surface area contributed by atoms with Gasteiger partial charge in [0, 0.05) is 19.4 Å². The van der Waals surface area contributed by atoms with Gasteiger partial charge in [0.2, 0.25) is 0 Å². The zero-order valence-corrected chi connectivity index (χ0v) is 11.6. The highest BCUT2D eigenvalue weighted by molar-refractivity contribution is 5.69. The van der Waals surface area contributed by atoms with E-state index in [4.69, 9.17) is 14.2 Å². The lowest BCUT2D eigenvalue weighted by Gasteiger charge is -2.20. The number of carbonyl (C=O) groups is 1. The van der Waals surface area contributed by atoms with Gasteiger partial charge in [-0.1, -0.05) is 0 Å². The van der Waals surface area contributed by atoms with Gasteiger partial charge in [0.05, 0.1) is 18.6 Å². The Labute approximate surface area is 108 Å². The Kier molecular flexibility index (Phi) is 3.94. The molecule has 0 aromatic rings. The molecule has 1 saturated heterocycles. The topological polar surface area (TPSA) is 48.0 Å². The van der Waals surface area contributed by atoms with Crippen LogP contribution in [0.1, 0.15) is 33.1 Å². The molecular formula is C13H23NO4. The average Bonchev–Trinajstić information content (AvgIpc) is 2.67. The van der Waals surface area contributed by atoms with E-state index in [1.807, 2.05) is 32.8 Å². The molecule has 0 N–H and O–H groups in total. The van der Waals surface area contributed by atoms with Crippen LogP contribution < -0.4 is 0 Å². The Morgan fingerprint density at radius 1 is 1.28 bits per heavy atom. The van der Waals surface area contributed by atoms with Crippen LogP contribution in [0.5, 0.6) is 0 Å². The van der Waals surface area contributed by atoms with Gasteiger partial charge in [-0.3, -0.25) is 4.79 Å². The largest absolute Gasteiger partial charge is 0.462 e. The quantitative estimate of drug-likeness (QED) is 0.707. The molecule has 0 amide bonds. The molecule has 1 saturated carbocycles. The van der Waals surface area contributed by atoms with Crippen molar-refractivity contribution >= 4 is 5.97 Å². The SMILES string of the molecule is CN(C)CCC(=O)OC1CC2OC(C)(C)OC2C1. The third-order valence-corrected chi connectivity index (χ3v) is 3.34. The summed E-state index contributed by atoms with van der Waals surface area (Å²) in [5.41, 5.74) is 0. The molecule has 2 unspecified atom stereocenters. The van der Waals surface area contributed by atoms with E-state index in [0.29, 0.717) is 6.42 Å². The van der Waals surface area contributed by atoms with Crippen molar-refractivity contribution in [3.05, 3.63) is 0 Å².